The maximum Gasteiger partial charge on any atom is 0.341 e. The number of nitrogens with one attached hydrogen (secondary N) is 1. The van der Waals surface area contributed by atoms with Gasteiger partial charge in [0.05, 0.1) is 0 Å². The number of likely N-dealkylation sites (tertiary alicyclic amines) is 2. The molecule has 6 aromatic carbocycles. The minimum Gasteiger partial charge on any atom is -0.484 e. The van der Waals surface area contributed by atoms with Crippen molar-refractivity contribution < 1.29 is 24.2 Å². The lowest BCUT2D eigenvalue weighted by atomic mass is 10.00. The molecule has 1 aromatic heterocycles. The summed E-state index contributed by atoms with van der Waals surface area (Å²) in [5.74, 6) is 0.243. The molecule has 9 rings (SSSR count). The van der Waals surface area contributed by atoms with Crippen molar-refractivity contribution in [3.63, 3.8) is 0 Å². The van der Waals surface area contributed by atoms with Crippen molar-refractivity contribution in [3.05, 3.63) is 211 Å². The molecule has 2 unspecified atom stereocenters. The highest BCUT2D eigenvalue weighted by atomic mass is 127. The highest BCUT2D eigenvalue weighted by Gasteiger charge is 2.25. The van der Waals surface area contributed by atoms with E-state index in [1.54, 1.807) is 24.4 Å². The van der Waals surface area contributed by atoms with Gasteiger partial charge in [-0.15, -0.1) is 24.0 Å². The number of amides is 1. The van der Waals surface area contributed by atoms with Gasteiger partial charge in [0.15, 0.2) is 13.2 Å². The molecule has 0 bridgehead atoms. The molecule has 11 nitrogen and oxygen atoms in total. The van der Waals surface area contributed by atoms with Crippen LogP contribution in [-0.2, 0) is 9.59 Å². The summed E-state index contributed by atoms with van der Waals surface area (Å²) in [6.45, 7) is 20.8. The number of hydrogen-bond donors (Lipinski definition) is 3. The number of carboxylic acids is 1. The van der Waals surface area contributed by atoms with Gasteiger partial charge in [-0.05, 0) is 144 Å². The molecule has 4 N–H and O–H groups in total. The Hall–Kier alpha value is -6.13. The number of carboxylic acid groups (broad SMARTS) is 1. The number of pyridine rings is 1. The molecule has 13 heteroatoms. The Morgan fingerprint density at radius 1 is 0.575 bits per heavy atom. The van der Waals surface area contributed by atoms with Gasteiger partial charge in [0.2, 0.25) is 0 Å². The lowest BCUT2D eigenvalue weighted by molar-refractivity contribution is -0.139. The Morgan fingerprint density at radius 2 is 0.950 bits per heavy atom. The Morgan fingerprint density at radius 3 is 1.29 bits per heavy atom. The fourth-order valence-corrected chi connectivity index (χ4v) is 9.73. The lowest BCUT2D eigenvalue weighted by Gasteiger charge is -2.36. The smallest absolute Gasteiger partial charge is 0.341 e. The molecule has 2 aliphatic heterocycles. The fourth-order valence-electron chi connectivity index (χ4n) is 9.60. The zero-order valence-corrected chi connectivity index (χ0v) is 51.0. The average Bonchev–Trinajstić information content (AvgIpc) is 3.48. The first-order chi connectivity index (χ1) is 38.2. The van der Waals surface area contributed by atoms with Gasteiger partial charge in [-0.3, -0.25) is 19.5 Å². The van der Waals surface area contributed by atoms with Crippen LogP contribution in [0.4, 0.5) is 0 Å². The van der Waals surface area contributed by atoms with Gasteiger partial charge in [-0.25, -0.2) is 9.78 Å². The number of ether oxygens (including phenoxy) is 2. The Kier molecular flexibility index (Phi) is 30.7. The van der Waals surface area contributed by atoms with Crippen LogP contribution in [0.25, 0.3) is 22.3 Å². The number of nitrogens with two attached hydrogens (primary N) is 1. The van der Waals surface area contributed by atoms with E-state index in [1.165, 1.54) is 16.7 Å². The number of carbonyl (C=O) groups excluding carboxylic acids is 1. The first-order valence-electron chi connectivity index (χ1n) is 27.9. The summed E-state index contributed by atoms with van der Waals surface area (Å²) >= 11 is 5.43. The topological polar surface area (TPSA) is 133 Å². The van der Waals surface area contributed by atoms with E-state index in [9.17, 15) is 9.59 Å². The molecule has 0 aliphatic carbocycles. The quantitative estimate of drug-likeness (QED) is 0.0634. The first kappa shape index (κ1) is 66.4. The summed E-state index contributed by atoms with van der Waals surface area (Å²) in [6.07, 6.45) is 5.86. The average molecular weight is 1220 g/mol. The van der Waals surface area contributed by atoms with Crippen LogP contribution in [0, 0.1) is 0 Å². The summed E-state index contributed by atoms with van der Waals surface area (Å²) in [6, 6.07) is 65.1. The van der Waals surface area contributed by atoms with Crippen LogP contribution < -0.4 is 20.5 Å². The SMILES string of the molecule is CC(c1ccccc1)N1CCC(N)CC1.CC(c1ccccc1)N1CCC(NC(=O)COc2ccc(-c3ccccc3)cc2)CC1.CCN(C(C)C)C(C)C.Clc1ccccn1.I.O=C(O)COc1ccc(-c2ccccc2)cc1. The number of rotatable bonds is 16. The Balaban J connectivity index is 0.000000238. The van der Waals surface area contributed by atoms with Crippen LogP contribution in [0.5, 0.6) is 11.5 Å². The van der Waals surface area contributed by atoms with Gasteiger partial charge in [-0.1, -0.05) is 170 Å². The van der Waals surface area contributed by atoms with Crippen LogP contribution in [0.3, 0.4) is 0 Å². The molecule has 0 radical (unpaired) electrons. The molecule has 80 heavy (non-hydrogen) atoms. The van der Waals surface area contributed by atoms with Crippen molar-refractivity contribution in [2.75, 3.05) is 45.9 Å². The maximum atomic E-state index is 12.4. The second-order valence-electron chi connectivity index (χ2n) is 20.3. The number of aromatic nitrogens is 1. The molecule has 2 saturated heterocycles. The highest BCUT2D eigenvalue weighted by Crippen LogP contribution is 2.27. The third-order valence-corrected chi connectivity index (χ3v) is 14.3. The Labute approximate surface area is 499 Å². The third kappa shape index (κ3) is 24.3. The molecule has 0 spiro atoms. The second kappa shape index (κ2) is 37.0. The molecule has 2 aliphatic rings. The summed E-state index contributed by atoms with van der Waals surface area (Å²) < 4.78 is 10.8. The molecule has 2 atom stereocenters. The van der Waals surface area contributed by atoms with Crippen molar-refractivity contribution >= 4 is 47.5 Å². The van der Waals surface area contributed by atoms with Gasteiger partial charge in [-0.2, -0.15) is 0 Å². The molecule has 0 saturated carbocycles. The number of halogens is 2. The van der Waals surface area contributed by atoms with Crippen LogP contribution in [0.2, 0.25) is 5.15 Å². The largest absolute Gasteiger partial charge is 0.484 e. The second-order valence-corrected chi connectivity index (χ2v) is 20.7. The molecule has 428 valence electrons. The standard InChI is InChI=1S/C27H30N2O2.C14H12O3.C13H20N2.C8H19N.C5H4ClN.HI/c1-21(22-8-4-2-5-9-22)29-18-16-25(17-19-29)28-27(30)20-31-26-14-12-24(13-15-26)23-10-6-3-7-11-23;15-14(16)10-17-13-8-6-12(7-9-13)11-4-2-1-3-5-11;1-11(12-5-3-2-4-6-12)15-9-7-13(14)8-10-15;1-6-9(7(2)3)8(4)5;6-5-3-1-2-4-7-5;/h2-15,21,25H,16-20H2,1H3,(H,28,30);1-9H,10H2,(H,15,16);2-6,11,13H,7-10,14H2,1H3;7-8H,6H2,1-5H3;1-4H;1H. The normalized spacial score (nSPS) is 14.4. The van der Waals surface area contributed by atoms with Crippen LogP contribution in [0.1, 0.15) is 97.4 Å². The van der Waals surface area contributed by atoms with Crippen LogP contribution in [-0.4, -0.2) is 107 Å². The van der Waals surface area contributed by atoms with E-state index in [1.807, 2.05) is 97.1 Å². The van der Waals surface area contributed by atoms with Crippen LogP contribution in [0.15, 0.2) is 194 Å². The van der Waals surface area contributed by atoms with Crippen molar-refractivity contribution in [2.24, 2.45) is 5.73 Å². The van der Waals surface area contributed by atoms with E-state index in [-0.39, 0.29) is 49.1 Å². The molecule has 3 heterocycles. The maximum absolute atomic E-state index is 12.4. The van der Waals surface area contributed by atoms with Crippen molar-refractivity contribution in [3.8, 4) is 33.8 Å². The van der Waals surface area contributed by atoms with E-state index in [2.05, 4.69) is 146 Å². The summed E-state index contributed by atoms with van der Waals surface area (Å²) in [5.41, 5.74) is 13.2. The number of piperidine rings is 2. The molecule has 7 aromatic rings. The molecular weight excluding hydrogens is 1130 g/mol. The Bertz CT molecular complexity index is 2710. The summed E-state index contributed by atoms with van der Waals surface area (Å²) in [7, 11) is 0. The summed E-state index contributed by atoms with van der Waals surface area (Å²) in [5, 5.41) is 12.2. The van der Waals surface area contributed by atoms with E-state index >= 15 is 0 Å². The number of aliphatic carboxylic acids is 1. The van der Waals surface area contributed by atoms with Gasteiger partial charge >= 0.3 is 5.97 Å². The third-order valence-electron chi connectivity index (χ3n) is 14.1. The lowest BCUT2D eigenvalue weighted by Crippen LogP contribution is -2.46. The zero-order chi connectivity index (χ0) is 56.8. The van der Waals surface area contributed by atoms with E-state index < -0.39 is 5.97 Å². The van der Waals surface area contributed by atoms with Gasteiger partial charge < -0.3 is 25.6 Å². The monoisotopic (exact) mass is 1220 g/mol. The van der Waals surface area contributed by atoms with E-state index in [0.29, 0.717) is 46.9 Å². The van der Waals surface area contributed by atoms with Crippen LogP contribution >= 0.6 is 35.6 Å². The molecular formula is C67H86ClIN6O5. The van der Waals surface area contributed by atoms with E-state index in [4.69, 9.17) is 31.9 Å². The van der Waals surface area contributed by atoms with Gasteiger partial charge in [0.1, 0.15) is 16.7 Å². The minimum atomic E-state index is -0.975. The number of nitrogens with zero attached hydrogens (tertiary/aromatic N) is 4. The number of benzene rings is 6. The number of carbonyl (C=O) groups is 2. The van der Waals surface area contributed by atoms with Crippen molar-refractivity contribution in [1.29, 1.82) is 0 Å². The highest BCUT2D eigenvalue weighted by molar-refractivity contribution is 14.0. The number of hydrogen-bond acceptors (Lipinski definition) is 9. The van der Waals surface area contributed by atoms with Gasteiger partial charge in [0.25, 0.3) is 5.91 Å². The molecule has 2 fully saturated rings. The molecule has 1 amide bonds. The van der Waals surface area contributed by atoms with Crippen molar-refractivity contribution in [1.82, 2.24) is 25.0 Å². The minimum absolute atomic E-state index is 0. The first-order valence-corrected chi connectivity index (χ1v) is 28.3. The fraction of sp³-hybridized carbons (Fsp3) is 0.358. The van der Waals surface area contributed by atoms with E-state index in [0.717, 1.165) is 75.1 Å². The predicted octanol–water partition coefficient (Wildman–Crippen LogP) is 14.5. The zero-order valence-electron chi connectivity index (χ0n) is 48.0. The predicted molar refractivity (Wildman–Crippen MR) is 341 cm³/mol. The van der Waals surface area contributed by atoms with Crippen molar-refractivity contribution in [2.45, 2.75) is 110 Å². The van der Waals surface area contributed by atoms with Gasteiger partial charge in [0, 0.05) is 68.6 Å². The summed E-state index contributed by atoms with van der Waals surface area (Å²) in [4.78, 5) is 33.9.